The second-order valence-corrected chi connectivity index (χ2v) is 15.0. The van der Waals surface area contributed by atoms with Gasteiger partial charge in [-0.2, -0.15) is 0 Å². The van der Waals surface area contributed by atoms with Gasteiger partial charge in [0, 0.05) is 0 Å². The summed E-state index contributed by atoms with van der Waals surface area (Å²) in [4.78, 5) is 42.4. The second-order valence-electron chi connectivity index (χ2n) is 9.85. The fourth-order valence-electron chi connectivity index (χ4n) is 5.50. The summed E-state index contributed by atoms with van der Waals surface area (Å²) in [5, 5.41) is 0. The van der Waals surface area contributed by atoms with Crippen LogP contribution >= 0.6 is 0 Å². The zero-order chi connectivity index (χ0) is 25.5. The first-order chi connectivity index (χ1) is 15.8. The van der Waals surface area contributed by atoms with Crippen LogP contribution in [0.4, 0.5) is 0 Å². The first-order valence-corrected chi connectivity index (χ1v) is 15.3. The quantitative estimate of drug-likeness (QED) is 0.365. The topological polar surface area (TPSA) is 51.2 Å². The van der Waals surface area contributed by atoms with Gasteiger partial charge in [0.15, 0.2) is 0 Å². The van der Waals surface area contributed by atoms with Crippen molar-refractivity contribution in [2.45, 2.75) is 62.3 Å². The van der Waals surface area contributed by atoms with Gasteiger partial charge in [0.05, 0.1) is 0 Å². The molecule has 0 radical (unpaired) electrons. The number of carbonyl (C=O) groups excluding carboxylic acids is 3. The minimum absolute atomic E-state index is 0.240. The van der Waals surface area contributed by atoms with Gasteiger partial charge in [-0.1, -0.05) is 0 Å². The average Bonchev–Trinajstić information content (AvgIpc) is 2.65. The van der Waals surface area contributed by atoms with Gasteiger partial charge in [0.1, 0.15) is 0 Å². The molecule has 0 saturated carbocycles. The Kier molecular flexibility index (Phi) is 7.47. The van der Waals surface area contributed by atoms with Crippen LogP contribution in [0.15, 0.2) is 36.4 Å². The Balaban J connectivity index is 2.28. The third-order valence-electron chi connectivity index (χ3n) is 6.56. The summed E-state index contributed by atoms with van der Waals surface area (Å²) in [7, 11) is 0. The van der Waals surface area contributed by atoms with Crippen LogP contribution in [0.1, 0.15) is 81.1 Å². The van der Waals surface area contributed by atoms with Crippen LogP contribution in [0.25, 0.3) is 0 Å². The van der Waals surface area contributed by atoms with E-state index in [-0.39, 0.29) is 13.8 Å². The van der Waals surface area contributed by atoms with E-state index in [1.165, 1.54) is 0 Å². The Morgan fingerprint density at radius 3 is 0.765 bits per heavy atom. The van der Waals surface area contributed by atoms with Crippen molar-refractivity contribution in [2.75, 3.05) is 0 Å². The van der Waals surface area contributed by atoms with E-state index in [0.717, 1.165) is 50.1 Å². The molecule has 0 aliphatic rings. The number of aryl methyl sites for hydroxylation is 9. The van der Waals surface area contributed by atoms with Gasteiger partial charge in [-0.05, 0) is 0 Å². The molecule has 176 valence electrons. The van der Waals surface area contributed by atoms with E-state index in [4.69, 9.17) is 0 Å². The number of hydrogen-bond acceptors (Lipinski definition) is 3. The molecule has 0 spiro atoms. The summed E-state index contributed by atoms with van der Waals surface area (Å²) in [5.41, 5.74) is 9.77. The van der Waals surface area contributed by atoms with Crippen LogP contribution in [-0.2, 0) is 0 Å². The molecule has 3 aromatic carbocycles. The summed E-state index contributed by atoms with van der Waals surface area (Å²) in [6.45, 7) is 17.3. The van der Waals surface area contributed by atoms with Crippen molar-refractivity contribution in [1.82, 2.24) is 0 Å². The zero-order valence-corrected chi connectivity index (χ0v) is 24.2. The van der Waals surface area contributed by atoms with Crippen LogP contribution in [0.3, 0.4) is 0 Å². The summed E-state index contributed by atoms with van der Waals surface area (Å²) in [5.74, 6) is 0. The van der Waals surface area contributed by atoms with Gasteiger partial charge >= 0.3 is 208 Å². The summed E-state index contributed by atoms with van der Waals surface area (Å²) < 4.78 is -0.719. The van der Waals surface area contributed by atoms with E-state index >= 15 is 0 Å². The monoisotopic (exact) mass is 516 g/mol. The molecule has 0 unspecified atom stereocenters. The summed E-state index contributed by atoms with van der Waals surface area (Å²) >= 11 is -3.99. The predicted molar refractivity (Wildman–Crippen MR) is 142 cm³/mol. The fraction of sp³-hybridized carbons (Fsp3) is 0.300. The maximum atomic E-state index is 14.1. The first-order valence-electron chi connectivity index (χ1n) is 11.7. The Bertz CT molecular complexity index is 1110. The van der Waals surface area contributed by atoms with Crippen molar-refractivity contribution in [3.63, 3.8) is 0 Å². The van der Waals surface area contributed by atoms with Crippen LogP contribution in [-0.4, -0.2) is 28.2 Å². The maximum absolute atomic E-state index is 14.1. The Hall–Kier alpha value is -2.79. The molecule has 0 heterocycles. The number of benzene rings is 3. The van der Waals surface area contributed by atoms with Gasteiger partial charge in [-0.15, -0.1) is 0 Å². The average molecular weight is 515 g/mol. The van der Waals surface area contributed by atoms with Crippen LogP contribution < -0.4 is 0 Å². The molecule has 3 aromatic rings. The molecule has 0 N–H and O–H groups in total. The molecule has 4 heteroatoms. The van der Waals surface area contributed by atoms with Gasteiger partial charge in [-0.25, -0.2) is 0 Å². The molecule has 3 nitrogen and oxygen atoms in total. The summed E-state index contributed by atoms with van der Waals surface area (Å²) in [6.07, 6.45) is 0. The third-order valence-corrected chi connectivity index (χ3v) is 11.7. The van der Waals surface area contributed by atoms with E-state index in [2.05, 4.69) is 0 Å². The van der Waals surface area contributed by atoms with E-state index in [0.29, 0.717) is 16.7 Å². The zero-order valence-electron chi connectivity index (χ0n) is 21.8. The molecule has 0 atom stereocenters. The molecule has 0 aromatic heterocycles. The fourth-order valence-corrected chi connectivity index (χ4v) is 11.7. The van der Waals surface area contributed by atoms with Crippen molar-refractivity contribution in [1.29, 1.82) is 0 Å². The molecule has 0 amide bonds. The van der Waals surface area contributed by atoms with Gasteiger partial charge < -0.3 is 0 Å². The predicted octanol–water partition coefficient (Wildman–Crippen LogP) is 6.26. The molecule has 0 bridgehead atoms. The first kappa shape index (κ1) is 25.8. The molecule has 3 rings (SSSR count). The van der Waals surface area contributed by atoms with Crippen molar-refractivity contribution < 1.29 is 14.4 Å². The Morgan fingerprint density at radius 2 is 0.588 bits per heavy atom. The van der Waals surface area contributed by atoms with Crippen molar-refractivity contribution in [3.8, 4) is 0 Å². The van der Waals surface area contributed by atoms with E-state index in [1.807, 2.05) is 98.7 Å². The molecule has 0 aliphatic heterocycles. The van der Waals surface area contributed by atoms with E-state index in [1.54, 1.807) is 0 Å². The molecular weight excluding hydrogens is 481 g/mol. The van der Waals surface area contributed by atoms with Crippen LogP contribution in [0.2, 0.25) is 0 Å². The molecular formula is C30H34GeO3. The third kappa shape index (κ3) is 4.85. The number of hydrogen-bond donors (Lipinski definition) is 0. The Morgan fingerprint density at radius 1 is 0.412 bits per heavy atom. The molecule has 0 fully saturated rings. The normalized spacial score (nSPS) is 11.1. The van der Waals surface area contributed by atoms with Crippen LogP contribution in [0, 0.1) is 62.3 Å². The molecule has 34 heavy (non-hydrogen) atoms. The number of rotatable bonds is 6. The minimum atomic E-state index is -3.99. The standard InChI is InChI=1S/C30H34GeO3/c1-16-10-19(4)25(20(5)11-16)28(32)31(29(33)26-21(6)12-17(2)13-22(26)7)30(34)27-23(8)14-18(3)15-24(27)9/h10-15,31H,1-9H3. The van der Waals surface area contributed by atoms with E-state index in [9.17, 15) is 14.4 Å². The SMILES string of the molecule is Cc1cc(C)c([C](=O)[GeH]([C](=O)c2c(C)cc(C)cc2C)[C](=O)c2c(C)cc(C)cc2C)c(C)c1. The Labute approximate surface area is 207 Å². The van der Waals surface area contributed by atoms with Gasteiger partial charge in [-0.3, -0.25) is 0 Å². The van der Waals surface area contributed by atoms with E-state index < -0.39 is 14.3 Å². The van der Waals surface area contributed by atoms with Crippen LogP contribution in [0.5, 0.6) is 0 Å². The van der Waals surface area contributed by atoms with Crippen molar-refractivity contribution >= 4 is 28.2 Å². The number of carbonyl (C=O) groups is 3. The van der Waals surface area contributed by atoms with Gasteiger partial charge in [0.2, 0.25) is 0 Å². The second kappa shape index (κ2) is 9.83. The molecule has 0 saturated heterocycles. The van der Waals surface area contributed by atoms with Crippen molar-refractivity contribution in [2.24, 2.45) is 0 Å². The molecule has 0 aliphatic carbocycles. The van der Waals surface area contributed by atoms with Gasteiger partial charge in [0.25, 0.3) is 0 Å². The van der Waals surface area contributed by atoms with Crippen molar-refractivity contribution in [3.05, 3.63) is 103 Å². The summed E-state index contributed by atoms with van der Waals surface area (Å²) in [6, 6.07) is 11.7.